The first-order valence-corrected chi connectivity index (χ1v) is 8.99. The molecule has 1 fully saturated rings. The summed E-state index contributed by atoms with van der Waals surface area (Å²) in [5.74, 6) is -0.0602. The first-order chi connectivity index (χ1) is 9.72. The molecule has 1 amide bonds. The summed E-state index contributed by atoms with van der Waals surface area (Å²) in [7, 11) is 0. The molecule has 1 aliphatic rings. The quantitative estimate of drug-likeness (QED) is 0.871. The summed E-state index contributed by atoms with van der Waals surface area (Å²) < 4.78 is 1.05. The lowest BCUT2D eigenvalue weighted by Crippen LogP contribution is -2.42. The Kier molecular flexibility index (Phi) is 4.50. The Balaban J connectivity index is 1.68. The number of thiazole rings is 1. The van der Waals surface area contributed by atoms with E-state index in [0.717, 1.165) is 40.3 Å². The minimum atomic E-state index is -0.0602. The molecule has 1 aliphatic heterocycles. The van der Waals surface area contributed by atoms with E-state index in [1.54, 1.807) is 11.3 Å². The number of nitrogens with one attached hydrogen (secondary N) is 2. The van der Waals surface area contributed by atoms with Crippen LogP contribution in [0.3, 0.4) is 0 Å². The van der Waals surface area contributed by atoms with E-state index in [2.05, 4.69) is 31.5 Å². The molecule has 3 rings (SSSR count). The van der Waals surface area contributed by atoms with E-state index in [1.807, 2.05) is 16.8 Å². The van der Waals surface area contributed by atoms with Crippen molar-refractivity contribution in [3.8, 4) is 9.88 Å². The van der Waals surface area contributed by atoms with Crippen molar-refractivity contribution in [2.75, 3.05) is 13.1 Å². The van der Waals surface area contributed by atoms with E-state index in [-0.39, 0.29) is 11.9 Å². The van der Waals surface area contributed by atoms with Gasteiger partial charge in [-0.15, -0.1) is 22.7 Å². The molecule has 2 aromatic rings. The molecule has 0 aromatic carbocycles. The normalized spacial score (nSPS) is 16.2. The number of carbonyl (C=O) groups is 1. The third-order valence-corrected chi connectivity index (χ3v) is 5.89. The van der Waals surface area contributed by atoms with Gasteiger partial charge in [-0.1, -0.05) is 0 Å². The van der Waals surface area contributed by atoms with Crippen molar-refractivity contribution in [3.05, 3.63) is 27.0 Å². The molecular weight excluding hydrogens is 358 g/mol. The number of halogens is 1. The van der Waals surface area contributed by atoms with E-state index < -0.39 is 0 Å². The van der Waals surface area contributed by atoms with Gasteiger partial charge in [0.05, 0.1) is 4.88 Å². The maximum Gasteiger partial charge on any atom is 0.270 e. The van der Waals surface area contributed by atoms with Crippen LogP contribution in [0.25, 0.3) is 9.88 Å². The summed E-state index contributed by atoms with van der Waals surface area (Å²) in [6.07, 6.45) is 1.97. The van der Waals surface area contributed by atoms with E-state index >= 15 is 0 Å². The number of thiophene rings is 1. The second kappa shape index (κ2) is 6.34. The van der Waals surface area contributed by atoms with E-state index in [0.29, 0.717) is 5.69 Å². The fourth-order valence-corrected chi connectivity index (χ4v) is 4.45. The molecule has 2 aromatic heterocycles. The monoisotopic (exact) mass is 371 g/mol. The molecule has 0 bridgehead atoms. The Morgan fingerprint density at radius 1 is 1.35 bits per heavy atom. The van der Waals surface area contributed by atoms with Crippen molar-refractivity contribution in [2.45, 2.75) is 18.9 Å². The van der Waals surface area contributed by atoms with Gasteiger partial charge in [0.15, 0.2) is 0 Å². The second-order valence-corrected chi connectivity index (χ2v) is 7.35. The second-order valence-electron chi connectivity index (χ2n) is 4.66. The molecule has 7 heteroatoms. The van der Waals surface area contributed by atoms with Gasteiger partial charge in [-0.3, -0.25) is 4.79 Å². The molecule has 1 saturated heterocycles. The van der Waals surface area contributed by atoms with Gasteiger partial charge in [-0.2, -0.15) is 0 Å². The molecule has 3 heterocycles. The summed E-state index contributed by atoms with van der Waals surface area (Å²) in [5, 5.41) is 11.1. The van der Waals surface area contributed by atoms with Crippen LogP contribution in [0, 0.1) is 0 Å². The van der Waals surface area contributed by atoms with E-state index in [1.165, 1.54) is 11.3 Å². The number of piperidine rings is 1. The summed E-state index contributed by atoms with van der Waals surface area (Å²) >= 11 is 6.57. The van der Waals surface area contributed by atoms with Gasteiger partial charge >= 0.3 is 0 Å². The fraction of sp³-hybridized carbons (Fsp3) is 0.385. The Labute approximate surface area is 133 Å². The van der Waals surface area contributed by atoms with Crippen molar-refractivity contribution in [1.82, 2.24) is 15.6 Å². The maximum absolute atomic E-state index is 12.2. The van der Waals surface area contributed by atoms with Gasteiger partial charge in [0, 0.05) is 21.3 Å². The topological polar surface area (TPSA) is 54.0 Å². The molecule has 20 heavy (non-hydrogen) atoms. The van der Waals surface area contributed by atoms with Crippen LogP contribution in [0.4, 0.5) is 0 Å². The van der Waals surface area contributed by atoms with Gasteiger partial charge in [0.25, 0.3) is 5.91 Å². The minimum absolute atomic E-state index is 0.0602. The molecular formula is C13H14BrN3OS2. The van der Waals surface area contributed by atoms with Crippen LogP contribution >= 0.6 is 38.6 Å². The first-order valence-electron chi connectivity index (χ1n) is 6.44. The molecule has 0 spiro atoms. The van der Waals surface area contributed by atoms with E-state index in [9.17, 15) is 4.79 Å². The van der Waals surface area contributed by atoms with Gasteiger partial charge in [0.1, 0.15) is 10.7 Å². The Morgan fingerprint density at radius 2 is 2.15 bits per heavy atom. The van der Waals surface area contributed by atoms with Crippen LogP contribution in [0.2, 0.25) is 0 Å². The maximum atomic E-state index is 12.2. The molecule has 0 unspecified atom stereocenters. The standard InChI is InChI=1S/C13H14BrN3OS2/c14-8-5-11(19-6-8)13-17-10(7-20-13)12(18)16-9-1-3-15-4-2-9/h5-7,9,15H,1-4H2,(H,16,18). The van der Waals surface area contributed by atoms with Crippen LogP contribution in [0.1, 0.15) is 23.3 Å². The van der Waals surface area contributed by atoms with Crippen molar-refractivity contribution in [3.63, 3.8) is 0 Å². The number of aromatic nitrogens is 1. The lowest BCUT2D eigenvalue weighted by Gasteiger charge is -2.23. The smallest absolute Gasteiger partial charge is 0.270 e. The molecule has 0 aliphatic carbocycles. The highest BCUT2D eigenvalue weighted by Gasteiger charge is 2.18. The highest BCUT2D eigenvalue weighted by Crippen LogP contribution is 2.31. The number of nitrogens with zero attached hydrogens (tertiary/aromatic N) is 1. The summed E-state index contributed by atoms with van der Waals surface area (Å²) in [4.78, 5) is 17.7. The van der Waals surface area contributed by atoms with Crippen molar-refractivity contribution in [2.24, 2.45) is 0 Å². The van der Waals surface area contributed by atoms with Crippen molar-refractivity contribution in [1.29, 1.82) is 0 Å². The van der Waals surface area contributed by atoms with Crippen molar-refractivity contribution >= 4 is 44.5 Å². The zero-order chi connectivity index (χ0) is 13.9. The summed E-state index contributed by atoms with van der Waals surface area (Å²) in [5.41, 5.74) is 0.521. The zero-order valence-electron chi connectivity index (χ0n) is 10.7. The Hall–Kier alpha value is -0.760. The molecule has 0 saturated carbocycles. The number of rotatable bonds is 3. The molecule has 106 valence electrons. The van der Waals surface area contributed by atoms with E-state index in [4.69, 9.17) is 0 Å². The minimum Gasteiger partial charge on any atom is -0.348 e. The van der Waals surface area contributed by atoms with Crippen LogP contribution in [-0.4, -0.2) is 30.0 Å². The third kappa shape index (κ3) is 3.28. The first kappa shape index (κ1) is 14.2. The number of amides is 1. The zero-order valence-corrected chi connectivity index (χ0v) is 13.9. The average Bonchev–Trinajstić information content (AvgIpc) is 3.08. The van der Waals surface area contributed by atoms with Crippen LogP contribution < -0.4 is 10.6 Å². The summed E-state index contributed by atoms with van der Waals surface area (Å²) in [6, 6.07) is 2.29. The van der Waals surface area contributed by atoms with Gasteiger partial charge in [0.2, 0.25) is 0 Å². The lowest BCUT2D eigenvalue weighted by molar-refractivity contribution is 0.0925. The fourth-order valence-electron chi connectivity index (χ4n) is 2.14. The molecule has 0 radical (unpaired) electrons. The number of carbonyl (C=O) groups excluding carboxylic acids is 1. The SMILES string of the molecule is O=C(NC1CCNCC1)c1csc(-c2cc(Br)cs2)n1. The Bertz CT molecular complexity index is 604. The third-order valence-electron chi connectivity index (χ3n) is 3.19. The lowest BCUT2D eigenvalue weighted by atomic mass is 10.1. The van der Waals surface area contributed by atoms with Crippen molar-refractivity contribution < 1.29 is 4.79 Å². The number of hydrogen-bond donors (Lipinski definition) is 2. The van der Waals surface area contributed by atoms with Gasteiger partial charge < -0.3 is 10.6 Å². The highest BCUT2D eigenvalue weighted by atomic mass is 79.9. The highest BCUT2D eigenvalue weighted by molar-refractivity contribution is 9.10. The molecule has 4 nitrogen and oxygen atoms in total. The number of hydrogen-bond acceptors (Lipinski definition) is 5. The van der Waals surface area contributed by atoms with Crippen LogP contribution in [0.5, 0.6) is 0 Å². The van der Waals surface area contributed by atoms with Gasteiger partial charge in [-0.25, -0.2) is 4.98 Å². The predicted molar refractivity (Wildman–Crippen MR) is 86.5 cm³/mol. The predicted octanol–water partition coefficient (Wildman–Crippen LogP) is 3.12. The van der Waals surface area contributed by atoms with Gasteiger partial charge in [-0.05, 0) is 47.9 Å². The van der Waals surface area contributed by atoms with Crippen LogP contribution in [-0.2, 0) is 0 Å². The largest absolute Gasteiger partial charge is 0.348 e. The molecule has 0 atom stereocenters. The average molecular weight is 372 g/mol. The Morgan fingerprint density at radius 3 is 2.85 bits per heavy atom. The van der Waals surface area contributed by atoms with Crippen LogP contribution in [0.15, 0.2) is 21.3 Å². The summed E-state index contributed by atoms with van der Waals surface area (Å²) in [6.45, 7) is 1.94. The molecule has 2 N–H and O–H groups in total.